The van der Waals surface area contributed by atoms with Gasteiger partial charge < -0.3 is 14.2 Å². The van der Waals surface area contributed by atoms with E-state index in [-0.39, 0.29) is 5.56 Å². The van der Waals surface area contributed by atoms with Gasteiger partial charge in [-0.05, 0) is 36.8 Å². The molecule has 3 rings (SSSR count). The minimum absolute atomic E-state index is 0.210. The summed E-state index contributed by atoms with van der Waals surface area (Å²) in [7, 11) is 2.95. The van der Waals surface area contributed by atoms with E-state index < -0.39 is 18.5 Å². The van der Waals surface area contributed by atoms with Crippen LogP contribution in [0, 0.1) is 6.92 Å². The minimum atomic E-state index is -0.662. The van der Waals surface area contributed by atoms with Gasteiger partial charge in [0.15, 0.2) is 11.7 Å². The number of aromatic nitrogens is 1. The maximum absolute atomic E-state index is 12.2. The van der Waals surface area contributed by atoms with Gasteiger partial charge in [0.1, 0.15) is 17.1 Å². The summed E-state index contributed by atoms with van der Waals surface area (Å²) in [5.41, 5.74) is 2.13. The summed E-state index contributed by atoms with van der Waals surface area (Å²) in [5.74, 6) is -0.273. The van der Waals surface area contributed by atoms with Gasteiger partial charge in [-0.3, -0.25) is 10.1 Å². The van der Waals surface area contributed by atoms with Crippen molar-refractivity contribution >= 4 is 38.6 Å². The maximum atomic E-state index is 12.2. The molecule has 0 saturated carbocycles. The lowest BCUT2D eigenvalue weighted by molar-refractivity contribution is -0.119. The van der Waals surface area contributed by atoms with Crippen LogP contribution >= 0.6 is 11.3 Å². The van der Waals surface area contributed by atoms with Gasteiger partial charge in [-0.1, -0.05) is 17.4 Å². The van der Waals surface area contributed by atoms with Crippen molar-refractivity contribution in [2.75, 3.05) is 26.1 Å². The Labute approximate surface area is 159 Å². The number of thiazole rings is 1. The molecule has 0 unspecified atom stereocenters. The van der Waals surface area contributed by atoms with Crippen molar-refractivity contribution in [1.82, 2.24) is 4.98 Å². The lowest BCUT2D eigenvalue weighted by Gasteiger charge is -2.10. The SMILES string of the molecule is COc1ccc(C(=O)OCC(=O)Nc2nc3ccc(C)cc3s2)c(OC)c1. The first-order valence-corrected chi connectivity index (χ1v) is 8.88. The highest BCUT2D eigenvalue weighted by molar-refractivity contribution is 7.22. The molecule has 0 saturated heterocycles. The predicted molar refractivity (Wildman–Crippen MR) is 103 cm³/mol. The number of nitrogens with zero attached hydrogens (tertiary/aromatic N) is 1. The lowest BCUT2D eigenvalue weighted by atomic mass is 10.2. The fraction of sp³-hybridized carbons (Fsp3) is 0.211. The van der Waals surface area contributed by atoms with Crippen molar-refractivity contribution in [1.29, 1.82) is 0 Å². The Hall–Kier alpha value is -3.13. The average Bonchev–Trinajstić information content (AvgIpc) is 3.06. The molecular formula is C19H18N2O5S. The number of benzene rings is 2. The maximum Gasteiger partial charge on any atom is 0.342 e. The summed E-state index contributed by atoms with van der Waals surface area (Å²) in [6, 6.07) is 10.6. The molecule has 3 aromatic rings. The quantitative estimate of drug-likeness (QED) is 0.653. The van der Waals surface area contributed by atoms with E-state index >= 15 is 0 Å². The van der Waals surface area contributed by atoms with Crippen LogP contribution in [0.3, 0.4) is 0 Å². The van der Waals surface area contributed by atoms with Gasteiger partial charge in [0, 0.05) is 6.07 Å². The number of aryl methyl sites for hydroxylation is 1. The Bertz CT molecular complexity index is 999. The number of rotatable bonds is 6. The summed E-state index contributed by atoms with van der Waals surface area (Å²) < 4.78 is 16.3. The van der Waals surface area contributed by atoms with E-state index in [0.717, 1.165) is 15.8 Å². The smallest absolute Gasteiger partial charge is 0.342 e. The molecule has 27 heavy (non-hydrogen) atoms. The first-order chi connectivity index (χ1) is 13.0. The molecule has 0 aliphatic heterocycles. The second-order valence-corrected chi connectivity index (χ2v) is 6.71. The van der Waals surface area contributed by atoms with Crippen molar-refractivity contribution in [3.05, 3.63) is 47.5 Å². The van der Waals surface area contributed by atoms with Crippen LogP contribution in [0.1, 0.15) is 15.9 Å². The topological polar surface area (TPSA) is 86.8 Å². The van der Waals surface area contributed by atoms with Crippen LogP contribution in [0.5, 0.6) is 11.5 Å². The van der Waals surface area contributed by atoms with Gasteiger partial charge in [0.25, 0.3) is 5.91 Å². The average molecular weight is 386 g/mol. The number of hydrogen-bond acceptors (Lipinski definition) is 7. The number of ether oxygens (including phenoxy) is 3. The second-order valence-electron chi connectivity index (χ2n) is 5.68. The van der Waals surface area contributed by atoms with Gasteiger partial charge in [-0.2, -0.15) is 0 Å². The third-order valence-electron chi connectivity index (χ3n) is 3.75. The number of fused-ring (bicyclic) bond motifs is 1. The predicted octanol–water partition coefficient (Wildman–Crippen LogP) is 3.42. The Morgan fingerprint density at radius 2 is 1.93 bits per heavy atom. The molecule has 1 N–H and O–H groups in total. The van der Waals surface area contributed by atoms with Crippen molar-refractivity contribution in [3.63, 3.8) is 0 Å². The fourth-order valence-electron chi connectivity index (χ4n) is 2.42. The van der Waals surface area contributed by atoms with Crippen LogP contribution in [-0.2, 0) is 9.53 Å². The largest absolute Gasteiger partial charge is 0.497 e. The van der Waals surface area contributed by atoms with Crippen molar-refractivity contribution in [3.8, 4) is 11.5 Å². The third kappa shape index (κ3) is 4.35. The van der Waals surface area contributed by atoms with Crippen LogP contribution in [-0.4, -0.2) is 37.7 Å². The van der Waals surface area contributed by atoms with E-state index in [1.54, 1.807) is 12.1 Å². The summed E-state index contributed by atoms with van der Waals surface area (Å²) in [5, 5.41) is 3.10. The molecule has 140 valence electrons. The normalized spacial score (nSPS) is 10.5. The molecule has 8 heteroatoms. The van der Waals surface area contributed by atoms with Gasteiger partial charge in [0.05, 0.1) is 24.4 Å². The van der Waals surface area contributed by atoms with E-state index in [4.69, 9.17) is 14.2 Å². The molecule has 1 heterocycles. The van der Waals surface area contributed by atoms with E-state index in [9.17, 15) is 9.59 Å². The Kier molecular flexibility index (Phi) is 5.56. The zero-order chi connectivity index (χ0) is 19.4. The lowest BCUT2D eigenvalue weighted by Crippen LogP contribution is -2.21. The minimum Gasteiger partial charge on any atom is -0.497 e. The van der Waals surface area contributed by atoms with Crippen molar-refractivity contribution in [2.45, 2.75) is 6.92 Å². The van der Waals surface area contributed by atoms with Crippen LogP contribution in [0.15, 0.2) is 36.4 Å². The first kappa shape index (κ1) is 18.7. The summed E-state index contributed by atoms with van der Waals surface area (Å²) in [4.78, 5) is 28.6. The highest BCUT2D eigenvalue weighted by Gasteiger charge is 2.17. The number of carbonyl (C=O) groups is 2. The molecule has 2 aromatic carbocycles. The van der Waals surface area contributed by atoms with Gasteiger partial charge in [0.2, 0.25) is 0 Å². The number of carbonyl (C=O) groups excluding carboxylic acids is 2. The monoisotopic (exact) mass is 386 g/mol. The second kappa shape index (κ2) is 8.05. The van der Waals surface area contributed by atoms with Gasteiger partial charge >= 0.3 is 5.97 Å². The molecule has 0 aliphatic rings. The molecule has 1 aromatic heterocycles. The molecule has 0 spiro atoms. The molecule has 7 nitrogen and oxygen atoms in total. The van der Waals surface area contributed by atoms with Crippen LogP contribution < -0.4 is 14.8 Å². The highest BCUT2D eigenvalue weighted by atomic mass is 32.1. The molecular weight excluding hydrogens is 368 g/mol. The molecule has 0 fully saturated rings. The standard InChI is InChI=1S/C19H18N2O5S/c1-11-4-7-14-16(8-11)27-19(20-14)21-17(22)10-26-18(23)13-6-5-12(24-2)9-15(13)25-3/h4-9H,10H2,1-3H3,(H,20,21,22). The Morgan fingerprint density at radius 3 is 2.67 bits per heavy atom. The number of esters is 1. The molecule has 0 atom stereocenters. The molecule has 0 aliphatic carbocycles. The number of methoxy groups -OCH3 is 2. The van der Waals surface area contributed by atoms with E-state index in [0.29, 0.717) is 16.6 Å². The Balaban J connectivity index is 1.62. The van der Waals surface area contributed by atoms with E-state index in [1.165, 1.54) is 31.6 Å². The zero-order valence-corrected chi connectivity index (χ0v) is 15.9. The van der Waals surface area contributed by atoms with E-state index in [2.05, 4.69) is 10.3 Å². The number of nitrogens with one attached hydrogen (secondary N) is 1. The van der Waals surface area contributed by atoms with Crippen LogP contribution in [0.25, 0.3) is 10.2 Å². The molecule has 0 bridgehead atoms. The van der Waals surface area contributed by atoms with E-state index in [1.807, 2.05) is 25.1 Å². The highest BCUT2D eigenvalue weighted by Crippen LogP contribution is 2.27. The summed E-state index contributed by atoms with van der Waals surface area (Å²) in [6.07, 6.45) is 0. The molecule has 0 radical (unpaired) electrons. The Morgan fingerprint density at radius 1 is 1.11 bits per heavy atom. The van der Waals surface area contributed by atoms with Crippen molar-refractivity contribution < 1.29 is 23.8 Å². The number of anilines is 1. The van der Waals surface area contributed by atoms with Crippen LogP contribution in [0.4, 0.5) is 5.13 Å². The van der Waals surface area contributed by atoms with Gasteiger partial charge in [-0.25, -0.2) is 9.78 Å². The van der Waals surface area contributed by atoms with Gasteiger partial charge in [-0.15, -0.1) is 0 Å². The third-order valence-corrected chi connectivity index (χ3v) is 4.69. The van der Waals surface area contributed by atoms with Crippen molar-refractivity contribution in [2.24, 2.45) is 0 Å². The van der Waals surface area contributed by atoms with Crippen LogP contribution in [0.2, 0.25) is 0 Å². The number of hydrogen-bond donors (Lipinski definition) is 1. The first-order valence-electron chi connectivity index (χ1n) is 8.06. The number of amides is 1. The summed E-state index contributed by atoms with van der Waals surface area (Å²) in [6.45, 7) is 1.56. The zero-order valence-electron chi connectivity index (χ0n) is 15.1. The summed E-state index contributed by atoms with van der Waals surface area (Å²) >= 11 is 1.36. The fourth-order valence-corrected chi connectivity index (χ4v) is 3.40. The molecule has 1 amide bonds.